The second-order valence-corrected chi connectivity index (χ2v) is 10.3. The summed E-state index contributed by atoms with van der Waals surface area (Å²) >= 11 is 5.94. The maximum atomic E-state index is 5.94. The minimum Gasteiger partial charge on any atom is -0.379 e. The highest BCUT2D eigenvalue weighted by atomic mass is 32.1. The molecule has 6 nitrogen and oxygen atoms in total. The van der Waals surface area contributed by atoms with Gasteiger partial charge < -0.3 is 19.5 Å². The second-order valence-electron chi connectivity index (χ2n) is 9.87. The van der Waals surface area contributed by atoms with Gasteiger partial charge in [0.15, 0.2) is 5.11 Å². The molecule has 0 amide bonds. The molecule has 2 aliphatic heterocycles. The van der Waals surface area contributed by atoms with Crippen LogP contribution in [0.25, 0.3) is 5.69 Å². The second kappa shape index (κ2) is 10.7. The van der Waals surface area contributed by atoms with Crippen molar-refractivity contribution in [2.75, 3.05) is 39.4 Å². The zero-order chi connectivity index (χ0) is 25.2. The number of nitrogens with one attached hydrogen (secondary N) is 1. The molecule has 36 heavy (non-hydrogen) atoms. The highest BCUT2D eigenvalue weighted by Gasteiger charge is 2.41. The van der Waals surface area contributed by atoms with Crippen LogP contribution in [0.4, 0.5) is 0 Å². The first-order valence-corrected chi connectivity index (χ1v) is 13.5. The van der Waals surface area contributed by atoms with E-state index in [1.165, 1.54) is 33.8 Å². The maximum Gasteiger partial charge on any atom is 0.170 e. The Morgan fingerprint density at radius 3 is 2.58 bits per heavy atom. The number of morpholine rings is 1. The van der Waals surface area contributed by atoms with E-state index in [1.807, 2.05) is 12.3 Å². The Morgan fingerprint density at radius 1 is 1.06 bits per heavy atom. The number of para-hydroxylation sites is 1. The summed E-state index contributed by atoms with van der Waals surface area (Å²) in [5.74, 6) is 0. The molecular formula is C29H37N5OS. The third-order valence-electron chi connectivity index (χ3n) is 7.67. The van der Waals surface area contributed by atoms with Crippen molar-refractivity contribution in [3.8, 4) is 5.69 Å². The molecule has 3 aromatic rings. The first kappa shape index (κ1) is 24.9. The van der Waals surface area contributed by atoms with Crippen LogP contribution in [0.2, 0.25) is 0 Å². The van der Waals surface area contributed by atoms with E-state index >= 15 is 0 Å². The van der Waals surface area contributed by atoms with Gasteiger partial charge in [-0.3, -0.25) is 9.88 Å². The topological polar surface area (TPSA) is 45.6 Å². The number of rotatable bonds is 7. The van der Waals surface area contributed by atoms with E-state index in [1.54, 1.807) is 0 Å². The summed E-state index contributed by atoms with van der Waals surface area (Å²) in [6.45, 7) is 14.3. The predicted molar refractivity (Wildman–Crippen MR) is 149 cm³/mol. The number of thiocarbonyl (C=S) groups is 1. The van der Waals surface area contributed by atoms with Crippen LogP contribution in [0, 0.1) is 20.8 Å². The molecule has 2 aromatic heterocycles. The van der Waals surface area contributed by atoms with Gasteiger partial charge in [-0.1, -0.05) is 31.2 Å². The van der Waals surface area contributed by atoms with Crippen molar-refractivity contribution < 1.29 is 4.74 Å². The lowest BCUT2D eigenvalue weighted by molar-refractivity contribution is 0.0350. The molecule has 2 saturated heterocycles. The number of benzene rings is 1. The van der Waals surface area contributed by atoms with E-state index in [9.17, 15) is 0 Å². The van der Waals surface area contributed by atoms with Crippen LogP contribution in [0.1, 0.15) is 52.8 Å². The molecule has 2 atom stereocenters. The van der Waals surface area contributed by atoms with E-state index in [0.717, 1.165) is 56.6 Å². The van der Waals surface area contributed by atoms with Gasteiger partial charge in [0.05, 0.1) is 36.7 Å². The Balaban J connectivity index is 1.56. The summed E-state index contributed by atoms with van der Waals surface area (Å²) < 4.78 is 8.00. The summed E-state index contributed by atoms with van der Waals surface area (Å²) in [6.07, 6.45) is 2.87. The van der Waals surface area contributed by atoms with Crippen LogP contribution in [-0.2, 0) is 11.2 Å². The van der Waals surface area contributed by atoms with Gasteiger partial charge in [-0.25, -0.2) is 0 Å². The average Bonchev–Trinajstić information content (AvgIpc) is 3.38. The molecule has 190 valence electrons. The third kappa shape index (κ3) is 4.67. The lowest BCUT2D eigenvalue weighted by Gasteiger charge is -2.32. The quantitative estimate of drug-likeness (QED) is 0.473. The first-order chi connectivity index (χ1) is 17.5. The number of pyridine rings is 1. The zero-order valence-electron chi connectivity index (χ0n) is 21.8. The van der Waals surface area contributed by atoms with Crippen molar-refractivity contribution in [2.45, 2.75) is 46.2 Å². The monoisotopic (exact) mass is 503 g/mol. The molecule has 0 aliphatic carbocycles. The number of aromatic nitrogens is 2. The number of hydrogen-bond donors (Lipinski definition) is 1. The van der Waals surface area contributed by atoms with Gasteiger partial charge in [0.2, 0.25) is 0 Å². The maximum absolute atomic E-state index is 5.94. The molecule has 5 rings (SSSR count). The molecule has 0 bridgehead atoms. The Hall–Kier alpha value is -2.74. The van der Waals surface area contributed by atoms with Crippen molar-refractivity contribution in [3.05, 3.63) is 82.4 Å². The highest BCUT2D eigenvalue weighted by Crippen LogP contribution is 2.41. The summed E-state index contributed by atoms with van der Waals surface area (Å²) in [5, 5.41) is 4.43. The molecule has 0 radical (unpaired) electrons. The van der Waals surface area contributed by atoms with Crippen LogP contribution in [0.5, 0.6) is 0 Å². The number of nitrogens with zero attached hydrogens (tertiary/aromatic N) is 4. The van der Waals surface area contributed by atoms with Gasteiger partial charge in [-0.15, -0.1) is 0 Å². The van der Waals surface area contributed by atoms with Gasteiger partial charge in [0.1, 0.15) is 0 Å². The minimum atomic E-state index is -0.000134. The van der Waals surface area contributed by atoms with E-state index in [2.05, 4.69) is 83.8 Å². The van der Waals surface area contributed by atoms with E-state index in [0.29, 0.717) is 0 Å². The van der Waals surface area contributed by atoms with Gasteiger partial charge in [-0.2, -0.15) is 0 Å². The van der Waals surface area contributed by atoms with E-state index in [-0.39, 0.29) is 12.1 Å². The first-order valence-electron chi connectivity index (χ1n) is 13.1. The fourth-order valence-corrected chi connectivity index (χ4v) is 6.15. The molecular weight excluding hydrogens is 466 g/mol. The van der Waals surface area contributed by atoms with Crippen molar-refractivity contribution >= 4 is 17.3 Å². The molecule has 1 N–H and O–H groups in total. The van der Waals surface area contributed by atoms with Crippen LogP contribution in [0.15, 0.2) is 48.7 Å². The predicted octanol–water partition coefficient (Wildman–Crippen LogP) is 4.66. The van der Waals surface area contributed by atoms with Crippen molar-refractivity contribution in [1.29, 1.82) is 0 Å². The molecule has 0 unspecified atom stereocenters. The van der Waals surface area contributed by atoms with Crippen molar-refractivity contribution in [3.63, 3.8) is 0 Å². The summed E-state index contributed by atoms with van der Waals surface area (Å²) in [4.78, 5) is 9.59. The molecule has 4 heterocycles. The number of hydrogen-bond acceptors (Lipinski definition) is 4. The number of aryl methyl sites for hydroxylation is 3. The normalized spacial score (nSPS) is 20.7. The molecule has 2 aliphatic rings. The van der Waals surface area contributed by atoms with Gasteiger partial charge in [0, 0.05) is 43.8 Å². The van der Waals surface area contributed by atoms with Crippen LogP contribution < -0.4 is 5.32 Å². The zero-order valence-corrected chi connectivity index (χ0v) is 22.6. The van der Waals surface area contributed by atoms with Crippen LogP contribution in [-0.4, -0.2) is 63.9 Å². The van der Waals surface area contributed by atoms with E-state index in [4.69, 9.17) is 21.9 Å². The van der Waals surface area contributed by atoms with Crippen LogP contribution >= 0.6 is 12.2 Å². The van der Waals surface area contributed by atoms with E-state index < -0.39 is 0 Å². The standard InChI is InChI=1S/C29H37N5OS/c1-5-23-10-8-9-20(2)27(23)34-21(3)19-24(22(34)4)28-26(25-11-6-7-12-30-25)31-29(36)33(28)14-13-32-15-17-35-18-16-32/h6-12,19,26,28H,5,13-18H2,1-4H3,(H,31,36)/t26-,28-/m0/s1. The third-order valence-corrected chi connectivity index (χ3v) is 8.03. The van der Waals surface area contributed by atoms with Crippen molar-refractivity contribution in [2.24, 2.45) is 0 Å². The smallest absolute Gasteiger partial charge is 0.170 e. The SMILES string of the molecule is CCc1cccc(C)c1-n1c(C)cc([C@H]2[C@H](c3ccccn3)NC(=S)N2CCN2CCOCC2)c1C. The van der Waals surface area contributed by atoms with Crippen LogP contribution in [0.3, 0.4) is 0 Å². The largest absolute Gasteiger partial charge is 0.379 e. The molecule has 7 heteroatoms. The molecule has 2 fully saturated rings. The lowest BCUT2D eigenvalue weighted by Crippen LogP contribution is -2.42. The summed E-state index contributed by atoms with van der Waals surface area (Å²) in [5.41, 5.74) is 8.82. The Kier molecular flexibility index (Phi) is 7.42. The Morgan fingerprint density at radius 2 is 1.86 bits per heavy atom. The molecule has 1 aromatic carbocycles. The fourth-order valence-electron chi connectivity index (χ4n) is 5.81. The number of ether oxygens (including phenoxy) is 1. The van der Waals surface area contributed by atoms with Gasteiger partial charge in [0.25, 0.3) is 0 Å². The summed E-state index contributed by atoms with van der Waals surface area (Å²) in [6, 6.07) is 15.2. The Labute approximate surface area is 220 Å². The average molecular weight is 504 g/mol. The van der Waals surface area contributed by atoms with Crippen molar-refractivity contribution in [1.82, 2.24) is 24.7 Å². The highest BCUT2D eigenvalue weighted by molar-refractivity contribution is 7.80. The lowest BCUT2D eigenvalue weighted by atomic mass is 9.96. The Bertz CT molecular complexity index is 1220. The fraction of sp³-hybridized carbons (Fsp3) is 0.448. The van der Waals surface area contributed by atoms with Gasteiger partial charge in [-0.05, 0) is 74.3 Å². The summed E-state index contributed by atoms with van der Waals surface area (Å²) in [7, 11) is 0. The van der Waals surface area contributed by atoms with Gasteiger partial charge >= 0.3 is 0 Å². The molecule has 0 saturated carbocycles. The minimum absolute atomic E-state index is 0.000134. The molecule has 0 spiro atoms.